The first-order valence-electron chi connectivity index (χ1n) is 4.08. The maximum Gasteiger partial charge on any atom is 0.110 e. The topological polar surface area (TPSA) is 51.8 Å². The standard InChI is InChI=1S/C9H8BrN3S/c10-7-3-1-6(2-4-7)9-8(5-11)14-13-12-9/h1-4H,5,11H2. The van der Waals surface area contributed by atoms with Gasteiger partial charge in [0.15, 0.2) is 0 Å². The Bertz CT molecular complexity index is 424. The number of benzene rings is 1. The van der Waals surface area contributed by atoms with E-state index in [1.54, 1.807) is 0 Å². The first kappa shape index (κ1) is 9.76. The second kappa shape index (κ2) is 4.16. The molecule has 0 unspecified atom stereocenters. The van der Waals surface area contributed by atoms with Crippen molar-refractivity contribution in [2.24, 2.45) is 5.73 Å². The predicted octanol–water partition coefficient (Wildman–Crippen LogP) is 2.43. The lowest BCUT2D eigenvalue weighted by Crippen LogP contribution is -1.95. The van der Waals surface area contributed by atoms with E-state index in [2.05, 4.69) is 25.5 Å². The van der Waals surface area contributed by atoms with Crippen LogP contribution in [0.2, 0.25) is 0 Å². The zero-order valence-corrected chi connectivity index (χ0v) is 9.68. The van der Waals surface area contributed by atoms with Gasteiger partial charge in [0.1, 0.15) is 5.69 Å². The van der Waals surface area contributed by atoms with Gasteiger partial charge in [0.2, 0.25) is 0 Å². The molecule has 2 N–H and O–H groups in total. The molecule has 0 saturated carbocycles. The van der Waals surface area contributed by atoms with Gasteiger partial charge < -0.3 is 5.73 Å². The molecule has 1 aromatic heterocycles. The highest BCUT2D eigenvalue weighted by molar-refractivity contribution is 9.10. The zero-order chi connectivity index (χ0) is 9.97. The zero-order valence-electron chi connectivity index (χ0n) is 7.27. The third-order valence-electron chi connectivity index (χ3n) is 1.86. The molecule has 72 valence electrons. The van der Waals surface area contributed by atoms with Crippen LogP contribution in [0.15, 0.2) is 28.7 Å². The Hall–Kier alpha value is -0.780. The van der Waals surface area contributed by atoms with E-state index in [0.29, 0.717) is 6.54 Å². The monoisotopic (exact) mass is 269 g/mol. The van der Waals surface area contributed by atoms with Crippen molar-refractivity contribution in [1.29, 1.82) is 0 Å². The SMILES string of the molecule is NCc1snnc1-c1ccc(Br)cc1. The Labute approximate surface area is 94.3 Å². The third-order valence-corrected chi connectivity index (χ3v) is 3.13. The number of rotatable bonds is 2. The molecule has 2 aromatic rings. The summed E-state index contributed by atoms with van der Waals surface area (Å²) in [6.07, 6.45) is 0. The molecule has 0 aliphatic heterocycles. The molecule has 0 fully saturated rings. The van der Waals surface area contributed by atoms with Crippen molar-refractivity contribution in [3.63, 3.8) is 0 Å². The lowest BCUT2D eigenvalue weighted by molar-refractivity contribution is 1.08. The molecule has 0 spiro atoms. The number of halogens is 1. The first-order chi connectivity index (χ1) is 6.81. The summed E-state index contributed by atoms with van der Waals surface area (Å²) in [5.74, 6) is 0. The second-order valence-corrected chi connectivity index (χ2v) is 4.51. The van der Waals surface area contributed by atoms with Gasteiger partial charge in [-0.1, -0.05) is 32.6 Å². The number of hydrogen-bond acceptors (Lipinski definition) is 4. The van der Waals surface area contributed by atoms with Crippen molar-refractivity contribution in [3.05, 3.63) is 33.6 Å². The van der Waals surface area contributed by atoms with Gasteiger partial charge >= 0.3 is 0 Å². The molecule has 0 atom stereocenters. The summed E-state index contributed by atoms with van der Waals surface area (Å²) in [5.41, 5.74) is 7.53. The molecule has 2 rings (SSSR count). The molecule has 0 saturated heterocycles. The lowest BCUT2D eigenvalue weighted by atomic mass is 10.1. The average Bonchev–Trinajstić information content (AvgIpc) is 2.67. The molecule has 14 heavy (non-hydrogen) atoms. The lowest BCUT2D eigenvalue weighted by Gasteiger charge is -1.98. The fourth-order valence-corrected chi connectivity index (χ4v) is 1.97. The van der Waals surface area contributed by atoms with Gasteiger partial charge in [0, 0.05) is 16.6 Å². The van der Waals surface area contributed by atoms with Crippen molar-refractivity contribution in [3.8, 4) is 11.3 Å². The smallest absolute Gasteiger partial charge is 0.110 e. The number of hydrogen-bond donors (Lipinski definition) is 1. The Morgan fingerprint density at radius 1 is 1.29 bits per heavy atom. The Morgan fingerprint density at radius 3 is 2.64 bits per heavy atom. The molecule has 0 amide bonds. The molecule has 0 aliphatic rings. The van der Waals surface area contributed by atoms with Crippen molar-refractivity contribution in [1.82, 2.24) is 9.59 Å². The molecule has 1 heterocycles. The van der Waals surface area contributed by atoms with E-state index in [-0.39, 0.29) is 0 Å². The molecule has 1 aromatic carbocycles. The molecular formula is C9H8BrN3S. The fourth-order valence-electron chi connectivity index (χ4n) is 1.17. The van der Waals surface area contributed by atoms with E-state index < -0.39 is 0 Å². The third kappa shape index (κ3) is 1.84. The normalized spacial score (nSPS) is 10.4. The maximum atomic E-state index is 5.58. The van der Waals surface area contributed by atoms with E-state index in [1.165, 1.54) is 11.5 Å². The van der Waals surface area contributed by atoms with Crippen molar-refractivity contribution >= 4 is 27.5 Å². The minimum absolute atomic E-state index is 0.489. The summed E-state index contributed by atoms with van der Waals surface area (Å²) in [6.45, 7) is 0.489. The van der Waals surface area contributed by atoms with Crippen LogP contribution in [0.1, 0.15) is 4.88 Å². The predicted molar refractivity (Wildman–Crippen MR) is 60.9 cm³/mol. The average molecular weight is 270 g/mol. The summed E-state index contributed by atoms with van der Waals surface area (Å²) >= 11 is 4.74. The molecule has 0 radical (unpaired) electrons. The van der Waals surface area contributed by atoms with Crippen LogP contribution >= 0.6 is 27.5 Å². The number of nitrogens with zero attached hydrogens (tertiary/aromatic N) is 2. The van der Waals surface area contributed by atoms with E-state index in [1.807, 2.05) is 24.3 Å². The van der Waals surface area contributed by atoms with E-state index in [9.17, 15) is 0 Å². The van der Waals surface area contributed by atoms with Crippen molar-refractivity contribution in [2.75, 3.05) is 0 Å². The molecule has 5 heteroatoms. The second-order valence-electron chi connectivity index (χ2n) is 2.76. The van der Waals surface area contributed by atoms with E-state index in [0.717, 1.165) is 20.6 Å². The highest BCUT2D eigenvalue weighted by atomic mass is 79.9. The molecule has 0 bridgehead atoms. The largest absolute Gasteiger partial charge is 0.326 e. The van der Waals surface area contributed by atoms with E-state index in [4.69, 9.17) is 5.73 Å². The Kier molecular flexibility index (Phi) is 2.90. The number of aromatic nitrogens is 2. The van der Waals surface area contributed by atoms with Crippen molar-refractivity contribution < 1.29 is 0 Å². The van der Waals surface area contributed by atoms with Gasteiger partial charge in [-0.25, -0.2) is 0 Å². The van der Waals surface area contributed by atoms with Crippen LogP contribution in [-0.2, 0) is 6.54 Å². The van der Waals surface area contributed by atoms with Gasteiger partial charge in [-0.3, -0.25) is 0 Å². The van der Waals surface area contributed by atoms with Gasteiger partial charge in [0.25, 0.3) is 0 Å². The summed E-state index contributed by atoms with van der Waals surface area (Å²) in [5, 5.41) is 4.06. The minimum Gasteiger partial charge on any atom is -0.326 e. The van der Waals surface area contributed by atoms with Crippen LogP contribution in [0.4, 0.5) is 0 Å². The van der Waals surface area contributed by atoms with Crippen LogP contribution in [0.25, 0.3) is 11.3 Å². The fraction of sp³-hybridized carbons (Fsp3) is 0.111. The van der Waals surface area contributed by atoms with Crippen LogP contribution < -0.4 is 5.73 Å². The van der Waals surface area contributed by atoms with Crippen molar-refractivity contribution in [2.45, 2.75) is 6.54 Å². The van der Waals surface area contributed by atoms with E-state index >= 15 is 0 Å². The molecular weight excluding hydrogens is 262 g/mol. The highest BCUT2D eigenvalue weighted by Crippen LogP contribution is 2.24. The van der Waals surface area contributed by atoms with Crippen LogP contribution in [0, 0.1) is 0 Å². The summed E-state index contributed by atoms with van der Waals surface area (Å²) < 4.78 is 4.95. The number of nitrogens with two attached hydrogens (primary N) is 1. The van der Waals surface area contributed by atoms with Gasteiger partial charge in [0.05, 0.1) is 4.88 Å². The first-order valence-corrected chi connectivity index (χ1v) is 5.65. The highest BCUT2D eigenvalue weighted by Gasteiger charge is 2.07. The Balaban J connectivity index is 2.44. The van der Waals surface area contributed by atoms with Gasteiger partial charge in [-0.05, 0) is 23.7 Å². The van der Waals surface area contributed by atoms with Crippen LogP contribution in [-0.4, -0.2) is 9.59 Å². The quantitative estimate of drug-likeness (QED) is 0.911. The van der Waals surface area contributed by atoms with Crippen LogP contribution in [0.3, 0.4) is 0 Å². The molecule has 0 aliphatic carbocycles. The maximum absolute atomic E-state index is 5.58. The van der Waals surface area contributed by atoms with Gasteiger partial charge in [-0.2, -0.15) is 0 Å². The minimum atomic E-state index is 0.489. The summed E-state index contributed by atoms with van der Waals surface area (Å²) in [4.78, 5) is 1.02. The molecule has 3 nitrogen and oxygen atoms in total. The Morgan fingerprint density at radius 2 is 2.00 bits per heavy atom. The summed E-state index contributed by atoms with van der Waals surface area (Å²) in [6, 6.07) is 7.96. The summed E-state index contributed by atoms with van der Waals surface area (Å²) in [7, 11) is 0. The van der Waals surface area contributed by atoms with Gasteiger partial charge in [-0.15, -0.1) is 5.10 Å². The van der Waals surface area contributed by atoms with Crippen LogP contribution in [0.5, 0.6) is 0 Å².